The van der Waals surface area contributed by atoms with E-state index < -0.39 is 0 Å². The van der Waals surface area contributed by atoms with Gasteiger partial charge in [-0.25, -0.2) is 14.6 Å². The van der Waals surface area contributed by atoms with Gasteiger partial charge in [-0.1, -0.05) is 18.2 Å². The quantitative estimate of drug-likeness (QED) is 0.372. The van der Waals surface area contributed by atoms with E-state index in [0.29, 0.717) is 24.0 Å². The molecular weight excluding hydrogens is 352 g/mol. The molecule has 134 valence electrons. The molecule has 0 fully saturated rings. The van der Waals surface area contributed by atoms with Crippen molar-refractivity contribution in [2.75, 3.05) is 12.0 Å². The van der Waals surface area contributed by atoms with Crippen molar-refractivity contribution < 1.29 is 9.53 Å². The maximum Gasteiger partial charge on any atom is 0.311 e. The molecule has 3 rings (SSSR count). The zero-order chi connectivity index (χ0) is 18.2. The molecule has 26 heavy (non-hydrogen) atoms. The van der Waals surface area contributed by atoms with Gasteiger partial charge in [0.25, 0.3) is 0 Å². The van der Waals surface area contributed by atoms with Crippen LogP contribution in [0.25, 0.3) is 0 Å². The van der Waals surface area contributed by atoms with Gasteiger partial charge < -0.3 is 4.74 Å². The molecule has 0 aliphatic rings. The summed E-state index contributed by atoms with van der Waals surface area (Å²) in [6.45, 7) is 2.80. The molecule has 2 aromatic heterocycles. The highest BCUT2D eigenvalue weighted by Gasteiger charge is 2.07. The summed E-state index contributed by atoms with van der Waals surface area (Å²) in [4.78, 5) is 19.7. The minimum atomic E-state index is -0.281. The van der Waals surface area contributed by atoms with E-state index in [1.807, 2.05) is 29.6 Å². The number of hydrazone groups is 1. The first-order valence-corrected chi connectivity index (χ1v) is 8.91. The van der Waals surface area contributed by atoms with Gasteiger partial charge in [-0.2, -0.15) is 10.2 Å². The van der Waals surface area contributed by atoms with Crippen molar-refractivity contribution in [2.24, 2.45) is 5.10 Å². The third-order valence-corrected chi connectivity index (χ3v) is 4.11. The van der Waals surface area contributed by atoms with E-state index in [-0.39, 0.29) is 12.4 Å². The number of hydrogen-bond donors (Lipinski definition) is 1. The molecule has 0 saturated heterocycles. The number of benzene rings is 1. The summed E-state index contributed by atoms with van der Waals surface area (Å²) in [5, 5.41) is 10.7. The Morgan fingerprint density at radius 3 is 3.19 bits per heavy atom. The van der Waals surface area contributed by atoms with Gasteiger partial charge in [0.15, 0.2) is 0 Å². The Hall–Kier alpha value is -3.07. The number of carbonyl (C=O) groups is 1. The first kappa shape index (κ1) is 17.7. The molecule has 0 aliphatic heterocycles. The van der Waals surface area contributed by atoms with E-state index in [0.717, 1.165) is 11.1 Å². The van der Waals surface area contributed by atoms with E-state index >= 15 is 0 Å². The van der Waals surface area contributed by atoms with E-state index in [9.17, 15) is 4.79 Å². The molecule has 0 atom stereocenters. The smallest absolute Gasteiger partial charge is 0.311 e. The largest absolute Gasteiger partial charge is 0.466 e. The number of thiazole rings is 1. The minimum Gasteiger partial charge on any atom is -0.466 e. The highest BCUT2D eigenvalue weighted by molar-refractivity contribution is 7.13. The highest BCUT2D eigenvalue weighted by Crippen LogP contribution is 2.16. The van der Waals surface area contributed by atoms with Crippen LogP contribution in [0.3, 0.4) is 0 Å². The van der Waals surface area contributed by atoms with Crippen LogP contribution in [-0.2, 0) is 22.5 Å². The van der Waals surface area contributed by atoms with Gasteiger partial charge in [0.1, 0.15) is 12.7 Å². The third-order valence-electron chi connectivity index (χ3n) is 3.32. The molecule has 0 aliphatic carbocycles. The van der Waals surface area contributed by atoms with Crippen LogP contribution in [0.2, 0.25) is 0 Å². The monoisotopic (exact) mass is 370 g/mol. The van der Waals surface area contributed by atoms with E-state index in [1.165, 1.54) is 17.7 Å². The van der Waals surface area contributed by atoms with Gasteiger partial charge in [-0.15, -0.1) is 11.3 Å². The summed E-state index contributed by atoms with van der Waals surface area (Å²) in [6.07, 6.45) is 5.08. The number of ether oxygens (including phenoxy) is 1. The summed E-state index contributed by atoms with van der Waals surface area (Å²) in [5.74, 6) is -0.281. The average molecular weight is 370 g/mol. The van der Waals surface area contributed by atoms with Gasteiger partial charge in [0.05, 0.1) is 31.5 Å². The molecule has 0 bridgehead atoms. The average Bonchev–Trinajstić information content (AvgIpc) is 3.28. The molecule has 2 heterocycles. The van der Waals surface area contributed by atoms with Crippen LogP contribution in [0.1, 0.15) is 23.7 Å². The Morgan fingerprint density at radius 2 is 2.38 bits per heavy atom. The number of aromatic nitrogens is 4. The van der Waals surface area contributed by atoms with Crippen molar-refractivity contribution in [3.05, 3.63) is 59.1 Å². The van der Waals surface area contributed by atoms with Crippen molar-refractivity contribution in [1.82, 2.24) is 19.7 Å². The second-order valence-corrected chi connectivity index (χ2v) is 6.19. The maximum atomic E-state index is 11.4. The number of carbonyl (C=O) groups excluding carboxylic acids is 1. The Morgan fingerprint density at radius 1 is 1.46 bits per heavy atom. The lowest BCUT2D eigenvalue weighted by Gasteiger charge is -2.02. The molecule has 1 aromatic carbocycles. The number of esters is 1. The second-order valence-electron chi connectivity index (χ2n) is 5.33. The topological polar surface area (TPSA) is 94.3 Å². The molecule has 3 aromatic rings. The molecule has 1 N–H and O–H groups in total. The second kappa shape index (κ2) is 8.86. The third kappa shape index (κ3) is 5.21. The Labute approximate surface area is 154 Å². The number of anilines is 1. The Balaban J connectivity index is 1.55. The predicted molar refractivity (Wildman–Crippen MR) is 99.2 cm³/mol. The van der Waals surface area contributed by atoms with Gasteiger partial charge in [-0.3, -0.25) is 10.2 Å². The molecular formula is C17H18N6O2S. The van der Waals surface area contributed by atoms with Gasteiger partial charge >= 0.3 is 5.97 Å². The molecule has 0 amide bonds. The van der Waals surface area contributed by atoms with Crippen molar-refractivity contribution in [3.63, 3.8) is 0 Å². The van der Waals surface area contributed by atoms with Gasteiger partial charge in [0, 0.05) is 5.38 Å². The zero-order valence-electron chi connectivity index (χ0n) is 14.2. The lowest BCUT2D eigenvalue weighted by molar-refractivity contribution is -0.142. The van der Waals surface area contributed by atoms with Gasteiger partial charge in [-0.05, 0) is 24.1 Å². The van der Waals surface area contributed by atoms with Crippen LogP contribution in [-0.4, -0.2) is 38.5 Å². The van der Waals surface area contributed by atoms with Crippen molar-refractivity contribution in [2.45, 2.75) is 19.9 Å². The summed E-state index contributed by atoms with van der Waals surface area (Å²) < 4.78 is 6.67. The predicted octanol–water partition coefficient (Wildman–Crippen LogP) is 2.33. The standard InChI is InChI=1S/C17H18N6O2S/c1-2-25-16(24)7-15-10-26-17(21-15)22-19-8-13-4-3-5-14(6-13)9-23-12-18-11-20-23/h3-6,8,10-12H,2,7,9H2,1H3,(H,21,22). The van der Waals surface area contributed by atoms with Crippen LogP contribution >= 0.6 is 11.3 Å². The fourth-order valence-corrected chi connectivity index (χ4v) is 2.89. The summed E-state index contributed by atoms with van der Waals surface area (Å²) in [7, 11) is 0. The van der Waals surface area contributed by atoms with Crippen molar-refractivity contribution in [1.29, 1.82) is 0 Å². The van der Waals surface area contributed by atoms with E-state index in [4.69, 9.17) is 4.74 Å². The van der Waals surface area contributed by atoms with E-state index in [1.54, 1.807) is 24.1 Å². The molecule has 9 heteroatoms. The maximum absolute atomic E-state index is 11.4. The molecule has 0 radical (unpaired) electrons. The molecule has 0 saturated carbocycles. The summed E-state index contributed by atoms with van der Waals surface area (Å²) >= 11 is 1.39. The van der Waals surface area contributed by atoms with Crippen LogP contribution in [0.15, 0.2) is 47.4 Å². The van der Waals surface area contributed by atoms with Crippen LogP contribution in [0, 0.1) is 0 Å². The number of nitrogens with one attached hydrogen (secondary N) is 1. The Bertz CT molecular complexity index is 875. The minimum absolute atomic E-state index is 0.167. The number of nitrogens with zero attached hydrogens (tertiary/aromatic N) is 5. The van der Waals surface area contributed by atoms with Crippen molar-refractivity contribution >= 4 is 28.7 Å². The lowest BCUT2D eigenvalue weighted by Crippen LogP contribution is -2.07. The number of hydrogen-bond acceptors (Lipinski definition) is 8. The molecule has 0 unspecified atom stereocenters. The van der Waals surface area contributed by atoms with Crippen LogP contribution < -0.4 is 5.43 Å². The summed E-state index contributed by atoms with van der Waals surface area (Å²) in [5.41, 5.74) is 5.61. The first-order chi connectivity index (χ1) is 12.7. The Kier molecular flexibility index (Phi) is 6.05. The van der Waals surface area contributed by atoms with Crippen LogP contribution in [0.5, 0.6) is 0 Å². The normalized spacial score (nSPS) is 11.0. The highest BCUT2D eigenvalue weighted by atomic mass is 32.1. The van der Waals surface area contributed by atoms with Crippen molar-refractivity contribution in [3.8, 4) is 0 Å². The fraction of sp³-hybridized carbons (Fsp3) is 0.235. The SMILES string of the molecule is CCOC(=O)Cc1csc(NN=Cc2cccc(Cn3cncn3)c2)n1. The number of rotatable bonds is 8. The van der Waals surface area contributed by atoms with Gasteiger partial charge in [0.2, 0.25) is 5.13 Å². The molecule has 0 spiro atoms. The lowest BCUT2D eigenvalue weighted by atomic mass is 10.1. The fourth-order valence-electron chi connectivity index (χ4n) is 2.23. The molecule has 8 nitrogen and oxygen atoms in total. The first-order valence-electron chi connectivity index (χ1n) is 8.03. The van der Waals surface area contributed by atoms with E-state index in [2.05, 4.69) is 25.6 Å². The zero-order valence-corrected chi connectivity index (χ0v) is 15.0. The summed E-state index contributed by atoms with van der Waals surface area (Å²) in [6, 6.07) is 7.98. The van der Waals surface area contributed by atoms with Crippen LogP contribution in [0.4, 0.5) is 5.13 Å².